The normalized spacial score (nSPS) is 16.7. The van der Waals surface area contributed by atoms with E-state index in [-0.39, 0.29) is 6.04 Å². The summed E-state index contributed by atoms with van der Waals surface area (Å²) in [6.07, 6.45) is 8.18. The Labute approximate surface area is 151 Å². The summed E-state index contributed by atoms with van der Waals surface area (Å²) < 4.78 is 28.4. The molecule has 0 radical (unpaired) electrons. The van der Waals surface area contributed by atoms with E-state index in [0.29, 0.717) is 4.90 Å². The molecule has 1 atom stereocenters. The Morgan fingerprint density at radius 3 is 2.44 bits per heavy atom. The summed E-state index contributed by atoms with van der Waals surface area (Å²) in [5, 5.41) is 0. The molecule has 4 heteroatoms. The average Bonchev–Trinajstić information content (AvgIpc) is 2.62. The Bertz CT molecular complexity index is 854. The summed E-state index contributed by atoms with van der Waals surface area (Å²) in [6, 6.07) is 14.7. The topological polar surface area (TPSA) is 37.4 Å². The van der Waals surface area contributed by atoms with Crippen LogP contribution in [0, 0.1) is 6.92 Å². The van der Waals surface area contributed by atoms with Gasteiger partial charge in [-0.1, -0.05) is 74.2 Å². The summed E-state index contributed by atoms with van der Waals surface area (Å²) in [5.41, 5.74) is 2.77. The second-order valence-electron chi connectivity index (χ2n) is 6.59. The van der Waals surface area contributed by atoms with Gasteiger partial charge in [0.05, 0.1) is 16.6 Å². The van der Waals surface area contributed by atoms with Crippen molar-refractivity contribution in [2.24, 2.45) is 0 Å². The Morgan fingerprint density at radius 1 is 1.00 bits per heavy atom. The maximum absolute atomic E-state index is 13.4. The molecular formula is C21H25NO2S. The zero-order valence-corrected chi connectivity index (χ0v) is 15.7. The molecule has 25 heavy (non-hydrogen) atoms. The van der Waals surface area contributed by atoms with Crippen LogP contribution < -0.4 is 4.31 Å². The Balaban J connectivity index is 2.03. The van der Waals surface area contributed by atoms with E-state index in [1.165, 1.54) is 0 Å². The number of hydrogen-bond donors (Lipinski definition) is 0. The fraction of sp³-hybridized carbons (Fsp3) is 0.333. The van der Waals surface area contributed by atoms with E-state index in [9.17, 15) is 8.42 Å². The molecule has 1 heterocycles. The molecule has 0 aliphatic carbocycles. The van der Waals surface area contributed by atoms with Crippen LogP contribution in [0.1, 0.15) is 43.7 Å². The van der Waals surface area contributed by atoms with Crippen LogP contribution in [-0.4, -0.2) is 14.5 Å². The van der Waals surface area contributed by atoms with Gasteiger partial charge in [-0.2, -0.15) is 0 Å². The van der Waals surface area contributed by atoms with Gasteiger partial charge in [0.2, 0.25) is 0 Å². The summed E-state index contributed by atoms with van der Waals surface area (Å²) in [7, 11) is -3.60. The predicted octanol–water partition coefficient (Wildman–Crippen LogP) is 5.17. The molecule has 2 aromatic carbocycles. The first-order valence-electron chi connectivity index (χ1n) is 8.92. The molecular weight excluding hydrogens is 330 g/mol. The van der Waals surface area contributed by atoms with Crippen LogP contribution in [0.25, 0.3) is 6.08 Å². The van der Waals surface area contributed by atoms with Crippen LogP contribution in [-0.2, 0) is 10.0 Å². The van der Waals surface area contributed by atoms with Crippen molar-refractivity contribution in [1.82, 2.24) is 0 Å². The molecule has 0 aromatic heterocycles. The van der Waals surface area contributed by atoms with Crippen molar-refractivity contribution in [2.75, 3.05) is 4.31 Å². The molecule has 2 aromatic rings. The monoisotopic (exact) mass is 355 g/mol. The highest BCUT2D eigenvalue weighted by atomic mass is 32.2. The quantitative estimate of drug-likeness (QED) is 0.671. The number of hydrogen-bond acceptors (Lipinski definition) is 2. The lowest BCUT2D eigenvalue weighted by molar-refractivity contribution is 0.569. The number of rotatable bonds is 6. The minimum absolute atomic E-state index is 0.132. The molecule has 0 bridgehead atoms. The molecule has 0 saturated heterocycles. The number of benzene rings is 2. The Hall–Kier alpha value is -2.07. The highest BCUT2D eigenvalue weighted by Gasteiger charge is 2.33. The lowest BCUT2D eigenvalue weighted by Crippen LogP contribution is -2.41. The van der Waals surface area contributed by atoms with E-state index >= 15 is 0 Å². The molecule has 0 amide bonds. The van der Waals surface area contributed by atoms with Gasteiger partial charge in [-0.3, -0.25) is 4.31 Å². The lowest BCUT2D eigenvalue weighted by Gasteiger charge is -2.35. The van der Waals surface area contributed by atoms with Crippen molar-refractivity contribution in [3.63, 3.8) is 0 Å². The molecule has 0 spiro atoms. The largest absolute Gasteiger partial charge is 0.264 e. The van der Waals surface area contributed by atoms with Gasteiger partial charge in [0, 0.05) is 0 Å². The van der Waals surface area contributed by atoms with Crippen LogP contribution in [0.15, 0.2) is 59.5 Å². The molecule has 1 aliphatic rings. The summed E-state index contributed by atoms with van der Waals surface area (Å²) in [5.74, 6) is 0. The third kappa shape index (κ3) is 3.64. The number of fused-ring (bicyclic) bond motifs is 1. The Kier molecular flexibility index (Phi) is 5.28. The molecule has 0 saturated carbocycles. The Morgan fingerprint density at radius 2 is 1.72 bits per heavy atom. The van der Waals surface area contributed by atoms with Crippen molar-refractivity contribution in [1.29, 1.82) is 0 Å². The predicted molar refractivity (Wildman–Crippen MR) is 104 cm³/mol. The zero-order chi connectivity index (χ0) is 17.9. The zero-order valence-electron chi connectivity index (χ0n) is 14.9. The number of anilines is 1. The first-order valence-corrected chi connectivity index (χ1v) is 10.4. The van der Waals surface area contributed by atoms with E-state index in [1.807, 2.05) is 55.5 Å². The minimum atomic E-state index is -3.60. The second-order valence-corrected chi connectivity index (χ2v) is 8.41. The van der Waals surface area contributed by atoms with E-state index in [4.69, 9.17) is 0 Å². The van der Waals surface area contributed by atoms with Crippen molar-refractivity contribution >= 4 is 21.8 Å². The van der Waals surface area contributed by atoms with Crippen LogP contribution in [0.4, 0.5) is 5.69 Å². The van der Waals surface area contributed by atoms with Crippen LogP contribution in [0.5, 0.6) is 0 Å². The molecule has 3 nitrogen and oxygen atoms in total. The van der Waals surface area contributed by atoms with Crippen LogP contribution in [0.3, 0.4) is 0 Å². The van der Waals surface area contributed by atoms with Gasteiger partial charge < -0.3 is 0 Å². The van der Waals surface area contributed by atoms with Gasteiger partial charge in [0.25, 0.3) is 10.0 Å². The lowest BCUT2D eigenvalue weighted by atomic mass is 10.0. The van der Waals surface area contributed by atoms with Gasteiger partial charge in [0.1, 0.15) is 0 Å². The van der Waals surface area contributed by atoms with Crippen LogP contribution >= 0.6 is 0 Å². The van der Waals surface area contributed by atoms with E-state index in [1.54, 1.807) is 16.4 Å². The van der Waals surface area contributed by atoms with E-state index in [2.05, 4.69) is 6.92 Å². The standard InChI is InChI=1S/C21H25NO2S/c1-3-4-5-9-19-14-13-18-8-6-7-10-21(18)22(19)25(23,24)20-15-11-17(2)12-16-20/h6-8,10-16,19H,3-5,9H2,1-2H3/t19-/m0/s1. The van der Waals surface area contributed by atoms with Crippen LogP contribution in [0.2, 0.25) is 0 Å². The first kappa shape index (κ1) is 17.7. The van der Waals surface area contributed by atoms with Gasteiger partial charge in [-0.05, 0) is 37.1 Å². The number of para-hydroxylation sites is 1. The summed E-state index contributed by atoms with van der Waals surface area (Å²) >= 11 is 0. The number of sulfonamides is 1. The maximum atomic E-state index is 13.4. The molecule has 0 N–H and O–H groups in total. The van der Waals surface area contributed by atoms with Crippen molar-refractivity contribution < 1.29 is 8.42 Å². The van der Waals surface area contributed by atoms with Gasteiger partial charge >= 0.3 is 0 Å². The van der Waals surface area contributed by atoms with Gasteiger partial charge in [-0.25, -0.2) is 8.42 Å². The molecule has 3 rings (SSSR count). The average molecular weight is 356 g/mol. The molecule has 132 valence electrons. The number of nitrogens with zero attached hydrogens (tertiary/aromatic N) is 1. The third-order valence-electron chi connectivity index (χ3n) is 4.65. The van der Waals surface area contributed by atoms with Crippen molar-refractivity contribution in [3.8, 4) is 0 Å². The maximum Gasteiger partial charge on any atom is 0.264 e. The number of aryl methyl sites for hydroxylation is 1. The molecule has 0 fully saturated rings. The summed E-state index contributed by atoms with van der Waals surface area (Å²) in [6.45, 7) is 4.12. The minimum Gasteiger partial charge on any atom is -0.259 e. The summed E-state index contributed by atoms with van der Waals surface area (Å²) in [4.78, 5) is 0.351. The smallest absolute Gasteiger partial charge is 0.259 e. The SMILES string of the molecule is CCCCC[C@H]1C=Cc2ccccc2N1S(=O)(=O)c1ccc(C)cc1. The number of unbranched alkanes of at least 4 members (excludes halogenated alkanes) is 2. The molecule has 0 unspecified atom stereocenters. The van der Waals surface area contributed by atoms with Crippen molar-refractivity contribution in [3.05, 3.63) is 65.7 Å². The highest BCUT2D eigenvalue weighted by molar-refractivity contribution is 7.92. The highest BCUT2D eigenvalue weighted by Crippen LogP contribution is 2.35. The van der Waals surface area contributed by atoms with E-state index in [0.717, 1.165) is 42.5 Å². The van der Waals surface area contributed by atoms with Gasteiger partial charge in [-0.15, -0.1) is 0 Å². The first-order chi connectivity index (χ1) is 12.0. The van der Waals surface area contributed by atoms with Crippen molar-refractivity contribution in [2.45, 2.75) is 50.5 Å². The fourth-order valence-electron chi connectivity index (χ4n) is 3.25. The third-order valence-corrected chi connectivity index (χ3v) is 6.51. The molecule has 1 aliphatic heterocycles. The van der Waals surface area contributed by atoms with Gasteiger partial charge in [0.15, 0.2) is 0 Å². The fourth-order valence-corrected chi connectivity index (χ4v) is 4.91. The van der Waals surface area contributed by atoms with E-state index < -0.39 is 10.0 Å². The second kappa shape index (κ2) is 7.44.